The number of rotatable bonds is 7. The molecule has 0 spiro atoms. The third-order valence-corrected chi connectivity index (χ3v) is 2.59. The second-order valence-corrected chi connectivity index (χ2v) is 4.19. The number of hydrogen-bond donors (Lipinski definition) is 3. The van der Waals surface area contributed by atoms with Gasteiger partial charge in [0.2, 0.25) is 11.8 Å². The van der Waals surface area contributed by atoms with Gasteiger partial charge in [-0.3, -0.25) is 4.79 Å². The summed E-state index contributed by atoms with van der Waals surface area (Å²) in [5, 5.41) is 20.5. The van der Waals surface area contributed by atoms with Crippen molar-refractivity contribution in [3.05, 3.63) is 12.4 Å². The van der Waals surface area contributed by atoms with E-state index in [4.69, 9.17) is 14.9 Å². The Morgan fingerprint density at radius 1 is 1.53 bits per heavy atom. The van der Waals surface area contributed by atoms with Gasteiger partial charge < -0.3 is 20.3 Å². The summed E-state index contributed by atoms with van der Waals surface area (Å²) in [4.78, 5) is 19.4. The summed E-state index contributed by atoms with van der Waals surface area (Å²) in [7, 11) is 0. The zero-order valence-electron chi connectivity index (χ0n) is 11.0. The molecule has 19 heavy (non-hydrogen) atoms. The van der Waals surface area contributed by atoms with Crippen molar-refractivity contribution in [1.82, 2.24) is 9.97 Å². The van der Waals surface area contributed by atoms with Crippen LogP contribution in [-0.2, 0) is 4.79 Å². The van der Waals surface area contributed by atoms with Crippen LogP contribution in [0.2, 0.25) is 0 Å². The fourth-order valence-corrected chi connectivity index (χ4v) is 1.16. The molecule has 0 saturated carbocycles. The average molecular weight is 269 g/mol. The SMILES string of the molecule is CCC(C)C(=O)Nc1cc(OC[C@@H](O)CO)ncn1. The second kappa shape index (κ2) is 7.65. The molecule has 0 aliphatic rings. The average Bonchev–Trinajstić information content (AvgIpc) is 2.44. The first-order valence-corrected chi connectivity index (χ1v) is 6.11. The Labute approximate surface area is 111 Å². The van der Waals surface area contributed by atoms with Crippen molar-refractivity contribution in [1.29, 1.82) is 0 Å². The summed E-state index contributed by atoms with van der Waals surface area (Å²) in [6, 6.07) is 1.46. The smallest absolute Gasteiger partial charge is 0.228 e. The highest BCUT2D eigenvalue weighted by Gasteiger charge is 2.12. The molecule has 1 amide bonds. The lowest BCUT2D eigenvalue weighted by molar-refractivity contribution is -0.119. The van der Waals surface area contributed by atoms with Gasteiger partial charge in [0.25, 0.3) is 0 Å². The molecular weight excluding hydrogens is 250 g/mol. The lowest BCUT2D eigenvalue weighted by atomic mass is 10.1. The second-order valence-electron chi connectivity index (χ2n) is 4.19. The maximum atomic E-state index is 11.7. The highest BCUT2D eigenvalue weighted by atomic mass is 16.5. The normalized spacial score (nSPS) is 13.7. The Morgan fingerprint density at radius 3 is 2.89 bits per heavy atom. The van der Waals surface area contributed by atoms with Crippen molar-refractivity contribution < 1.29 is 19.7 Å². The van der Waals surface area contributed by atoms with Gasteiger partial charge >= 0.3 is 0 Å². The third kappa shape index (κ3) is 5.19. The first-order valence-electron chi connectivity index (χ1n) is 6.11. The van der Waals surface area contributed by atoms with E-state index in [9.17, 15) is 4.79 Å². The number of hydrogen-bond acceptors (Lipinski definition) is 6. The van der Waals surface area contributed by atoms with Crippen LogP contribution in [0.1, 0.15) is 20.3 Å². The Kier molecular flexibility index (Phi) is 6.17. The molecule has 1 aromatic rings. The van der Waals surface area contributed by atoms with Crippen molar-refractivity contribution >= 4 is 11.7 Å². The summed E-state index contributed by atoms with van der Waals surface area (Å²) in [5.74, 6) is 0.342. The Bertz CT molecular complexity index is 414. The molecule has 0 aromatic carbocycles. The number of ether oxygens (including phenoxy) is 1. The summed E-state index contributed by atoms with van der Waals surface area (Å²) < 4.78 is 5.16. The van der Waals surface area contributed by atoms with Crippen LogP contribution >= 0.6 is 0 Å². The van der Waals surface area contributed by atoms with Crippen molar-refractivity contribution in [2.45, 2.75) is 26.4 Å². The molecule has 0 fully saturated rings. The van der Waals surface area contributed by atoms with Crippen LogP contribution in [0.3, 0.4) is 0 Å². The molecular formula is C12H19N3O4. The third-order valence-electron chi connectivity index (χ3n) is 2.59. The van der Waals surface area contributed by atoms with Gasteiger partial charge in [-0.2, -0.15) is 0 Å². The number of aliphatic hydroxyl groups is 2. The van der Waals surface area contributed by atoms with Crippen LogP contribution in [-0.4, -0.2) is 45.4 Å². The van der Waals surface area contributed by atoms with Crippen LogP contribution in [0.4, 0.5) is 5.82 Å². The number of nitrogens with zero attached hydrogens (tertiary/aromatic N) is 2. The summed E-state index contributed by atoms with van der Waals surface area (Å²) >= 11 is 0. The van der Waals surface area contributed by atoms with Crippen molar-refractivity contribution in [3.63, 3.8) is 0 Å². The molecule has 0 aliphatic heterocycles. The lowest BCUT2D eigenvalue weighted by Crippen LogP contribution is -2.22. The topological polar surface area (TPSA) is 105 Å². The molecule has 1 unspecified atom stereocenters. The van der Waals surface area contributed by atoms with Crippen LogP contribution in [0.5, 0.6) is 5.88 Å². The van der Waals surface area contributed by atoms with Crippen LogP contribution < -0.4 is 10.1 Å². The minimum atomic E-state index is -0.965. The molecule has 1 heterocycles. The standard InChI is InChI=1S/C12H19N3O4/c1-3-8(2)12(18)15-10-4-11(14-7-13-10)19-6-9(17)5-16/h4,7-9,16-17H,3,5-6H2,1-2H3,(H,13,14,15,18)/t8?,9-/m0/s1. The fraction of sp³-hybridized carbons (Fsp3) is 0.583. The number of nitrogens with one attached hydrogen (secondary N) is 1. The maximum Gasteiger partial charge on any atom is 0.228 e. The minimum absolute atomic E-state index is 0.0771. The predicted molar refractivity (Wildman–Crippen MR) is 68.7 cm³/mol. The highest BCUT2D eigenvalue weighted by Crippen LogP contribution is 2.13. The van der Waals surface area contributed by atoms with Crippen molar-refractivity contribution in [3.8, 4) is 5.88 Å². The summed E-state index contributed by atoms with van der Waals surface area (Å²) in [6.07, 6.45) is 1.03. The van der Waals surface area contributed by atoms with Gasteiger partial charge in [-0.05, 0) is 6.42 Å². The van der Waals surface area contributed by atoms with Gasteiger partial charge in [-0.25, -0.2) is 9.97 Å². The van der Waals surface area contributed by atoms with E-state index in [1.807, 2.05) is 13.8 Å². The maximum absolute atomic E-state index is 11.7. The van der Waals surface area contributed by atoms with E-state index >= 15 is 0 Å². The van der Waals surface area contributed by atoms with Gasteiger partial charge in [0.15, 0.2) is 0 Å². The Balaban J connectivity index is 2.59. The molecule has 0 aliphatic carbocycles. The molecule has 1 rings (SSSR count). The largest absolute Gasteiger partial charge is 0.475 e. The summed E-state index contributed by atoms with van der Waals surface area (Å²) in [6.45, 7) is 3.29. The molecule has 7 nitrogen and oxygen atoms in total. The molecule has 0 saturated heterocycles. The number of carbonyl (C=O) groups excluding carboxylic acids is 1. The highest BCUT2D eigenvalue weighted by molar-refractivity contribution is 5.91. The first-order chi connectivity index (χ1) is 9.06. The zero-order chi connectivity index (χ0) is 14.3. The first kappa shape index (κ1) is 15.3. The van der Waals surface area contributed by atoms with E-state index < -0.39 is 6.10 Å². The van der Waals surface area contributed by atoms with Crippen molar-refractivity contribution in [2.24, 2.45) is 5.92 Å². The van der Waals surface area contributed by atoms with Crippen molar-refractivity contribution in [2.75, 3.05) is 18.5 Å². The number of aliphatic hydroxyl groups excluding tert-OH is 2. The Morgan fingerprint density at radius 2 is 2.26 bits per heavy atom. The lowest BCUT2D eigenvalue weighted by Gasteiger charge is -2.11. The summed E-state index contributed by atoms with van der Waals surface area (Å²) in [5.41, 5.74) is 0. The molecule has 0 radical (unpaired) electrons. The molecule has 3 N–H and O–H groups in total. The molecule has 7 heteroatoms. The fourth-order valence-electron chi connectivity index (χ4n) is 1.16. The van der Waals surface area contributed by atoms with E-state index in [0.29, 0.717) is 5.82 Å². The van der Waals surface area contributed by atoms with E-state index in [1.165, 1.54) is 12.4 Å². The number of carbonyl (C=O) groups is 1. The number of aromatic nitrogens is 2. The van der Waals surface area contributed by atoms with E-state index in [0.717, 1.165) is 6.42 Å². The van der Waals surface area contributed by atoms with Gasteiger partial charge in [-0.15, -0.1) is 0 Å². The molecule has 1 aromatic heterocycles. The molecule has 0 bridgehead atoms. The van der Waals surface area contributed by atoms with Gasteiger partial charge in [-0.1, -0.05) is 13.8 Å². The van der Waals surface area contributed by atoms with Gasteiger partial charge in [0.1, 0.15) is 24.9 Å². The molecule has 106 valence electrons. The zero-order valence-corrected chi connectivity index (χ0v) is 11.0. The van der Waals surface area contributed by atoms with Gasteiger partial charge in [0.05, 0.1) is 6.61 Å². The monoisotopic (exact) mass is 269 g/mol. The molecule has 2 atom stereocenters. The number of anilines is 1. The van der Waals surface area contributed by atoms with Crippen LogP contribution in [0.15, 0.2) is 12.4 Å². The quantitative estimate of drug-likeness (QED) is 0.653. The van der Waals surface area contributed by atoms with Crippen LogP contribution in [0, 0.1) is 5.92 Å². The predicted octanol–water partition coefficient (Wildman–Crippen LogP) is 0.193. The van der Waals surface area contributed by atoms with E-state index in [2.05, 4.69) is 15.3 Å². The van der Waals surface area contributed by atoms with E-state index in [-0.39, 0.29) is 30.9 Å². The number of amides is 1. The van der Waals surface area contributed by atoms with Crippen LogP contribution in [0.25, 0.3) is 0 Å². The Hall–Kier alpha value is -1.73. The van der Waals surface area contributed by atoms with Gasteiger partial charge in [0, 0.05) is 12.0 Å². The van der Waals surface area contributed by atoms with E-state index in [1.54, 1.807) is 0 Å². The minimum Gasteiger partial charge on any atom is -0.475 e.